The van der Waals surface area contributed by atoms with Gasteiger partial charge in [0.1, 0.15) is 0 Å². The Kier molecular flexibility index (Phi) is 6.72. The number of amides is 2. The Labute approximate surface area is 159 Å². The van der Waals surface area contributed by atoms with Crippen molar-refractivity contribution in [1.29, 1.82) is 0 Å². The lowest BCUT2D eigenvalue weighted by Crippen LogP contribution is -2.49. The number of nitrogens with one attached hydrogen (secondary N) is 1. The second-order valence-electron chi connectivity index (χ2n) is 6.76. The molecule has 1 heterocycles. The Hall–Kier alpha value is -1.30. The summed E-state index contributed by atoms with van der Waals surface area (Å²) in [5.74, 6) is 0.0102. The molecule has 1 aliphatic heterocycles. The maximum Gasteiger partial charge on any atom is 0.233 e. The van der Waals surface area contributed by atoms with Crippen LogP contribution in [0.3, 0.4) is 0 Å². The summed E-state index contributed by atoms with van der Waals surface area (Å²) in [6.07, 6.45) is 3.39. The third-order valence-corrected chi connectivity index (χ3v) is 5.29. The van der Waals surface area contributed by atoms with Gasteiger partial charge in [0.05, 0.1) is 11.3 Å². The molecular weight excluding hydrogens is 361 g/mol. The summed E-state index contributed by atoms with van der Waals surface area (Å²) in [6.45, 7) is 2.13. The van der Waals surface area contributed by atoms with Crippen LogP contribution in [0.2, 0.25) is 5.02 Å². The van der Waals surface area contributed by atoms with Crippen molar-refractivity contribution in [3.63, 3.8) is 0 Å². The van der Waals surface area contributed by atoms with E-state index in [1.165, 1.54) is 0 Å². The summed E-state index contributed by atoms with van der Waals surface area (Å²) in [4.78, 5) is 27.2. The largest absolute Gasteiger partial charge is 0.355 e. The number of likely N-dealkylation sites (tertiary alicyclic amines) is 1. The molecule has 25 heavy (non-hydrogen) atoms. The van der Waals surface area contributed by atoms with Gasteiger partial charge in [0.2, 0.25) is 11.8 Å². The molecule has 1 aliphatic carbocycles. The first-order valence-electron chi connectivity index (χ1n) is 8.60. The summed E-state index contributed by atoms with van der Waals surface area (Å²) < 4.78 is 0. The van der Waals surface area contributed by atoms with Gasteiger partial charge < -0.3 is 16.0 Å². The molecule has 1 aromatic carbocycles. The number of nitrogens with two attached hydrogens (primary N) is 1. The quantitative estimate of drug-likeness (QED) is 0.814. The zero-order chi connectivity index (χ0) is 17.2. The molecule has 1 saturated heterocycles. The van der Waals surface area contributed by atoms with Crippen LogP contribution in [0.4, 0.5) is 0 Å². The lowest BCUT2D eigenvalue weighted by molar-refractivity contribution is -0.138. The second kappa shape index (κ2) is 8.39. The van der Waals surface area contributed by atoms with Crippen LogP contribution in [0.15, 0.2) is 24.3 Å². The van der Waals surface area contributed by atoms with E-state index in [1.807, 2.05) is 29.2 Å². The summed E-state index contributed by atoms with van der Waals surface area (Å²) in [5, 5.41) is 3.49. The van der Waals surface area contributed by atoms with Gasteiger partial charge in [0.15, 0.2) is 0 Å². The van der Waals surface area contributed by atoms with Crippen LogP contribution in [0.1, 0.15) is 31.2 Å². The van der Waals surface area contributed by atoms with Crippen LogP contribution in [0, 0.1) is 5.92 Å². The number of hydrogen-bond acceptors (Lipinski definition) is 3. The van der Waals surface area contributed by atoms with E-state index in [4.69, 9.17) is 17.3 Å². The minimum absolute atomic E-state index is 0. The van der Waals surface area contributed by atoms with Gasteiger partial charge >= 0.3 is 0 Å². The van der Waals surface area contributed by atoms with Gasteiger partial charge in [0.25, 0.3) is 0 Å². The smallest absolute Gasteiger partial charge is 0.233 e. The molecule has 0 spiro atoms. The molecule has 1 unspecified atom stereocenters. The fourth-order valence-corrected chi connectivity index (χ4v) is 3.75. The lowest BCUT2D eigenvalue weighted by atomic mass is 9.91. The number of benzene rings is 1. The fourth-order valence-electron chi connectivity index (χ4n) is 3.56. The van der Waals surface area contributed by atoms with E-state index in [-0.39, 0.29) is 30.1 Å². The molecule has 2 aliphatic rings. The first kappa shape index (κ1) is 20.0. The van der Waals surface area contributed by atoms with Gasteiger partial charge in [-0.1, -0.05) is 23.7 Å². The Morgan fingerprint density at radius 3 is 2.76 bits per heavy atom. The van der Waals surface area contributed by atoms with E-state index in [9.17, 15) is 9.59 Å². The zero-order valence-electron chi connectivity index (χ0n) is 14.2. The van der Waals surface area contributed by atoms with E-state index in [0.29, 0.717) is 24.7 Å². The topological polar surface area (TPSA) is 75.4 Å². The molecule has 2 fully saturated rings. The predicted octanol–water partition coefficient (Wildman–Crippen LogP) is 2.11. The number of hydrogen-bond donors (Lipinski definition) is 2. The van der Waals surface area contributed by atoms with Crippen LogP contribution in [0.5, 0.6) is 0 Å². The maximum absolute atomic E-state index is 13.1. The highest BCUT2D eigenvalue weighted by Gasteiger charge is 2.53. The Morgan fingerprint density at radius 1 is 1.36 bits per heavy atom. The van der Waals surface area contributed by atoms with Crippen molar-refractivity contribution in [3.8, 4) is 0 Å². The van der Waals surface area contributed by atoms with Gasteiger partial charge in [-0.2, -0.15) is 0 Å². The summed E-state index contributed by atoms with van der Waals surface area (Å²) >= 11 is 6.09. The molecule has 1 saturated carbocycles. The number of halogens is 2. The van der Waals surface area contributed by atoms with Crippen LogP contribution >= 0.6 is 24.0 Å². The molecule has 5 nitrogen and oxygen atoms in total. The molecule has 7 heteroatoms. The molecule has 2 amide bonds. The third-order valence-electron chi connectivity index (χ3n) is 5.06. The molecule has 3 rings (SSSR count). The maximum atomic E-state index is 13.1. The van der Waals surface area contributed by atoms with Crippen molar-refractivity contribution in [2.24, 2.45) is 11.7 Å². The Morgan fingerprint density at radius 2 is 2.12 bits per heavy atom. The molecule has 0 bridgehead atoms. The number of carbonyl (C=O) groups excluding carboxylic acids is 2. The minimum Gasteiger partial charge on any atom is -0.355 e. The number of carbonyl (C=O) groups is 2. The summed E-state index contributed by atoms with van der Waals surface area (Å²) in [6, 6.07) is 7.59. The molecule has 0 radical (unpaired) electrons. The van der Waals surface area contributed by atoms with E-state index in [1.54, 1.807) is 0 Å². The highest BCUT2D eigenvalue weighted by molar-refractivity contribution is 6.30. The molecule has 3 N–H and O–H groups in total. The molecular formula is C18H25Cl2N3O2. The van der Waals surface area contributed by atoms with Gasteiger partial charge in [-0.3, -0.25) is 9.59 Å². The molecule has 1 atom stereocenters. The van der Waals surface area contributed by atoms with Crippen LogP contribution in [0.25, 0.3) is 0 Å². The second-order valence-corrected chi connectivity index (χ2v) is 7.20. The monoisotopic (exact) mass is 385 g/mol. The fraction of sp³-hybridized carbons (Fsp3) is 0.556. The number of nitrogens with zero attached hydrogens (tertiary/aromatic N) is 1. The number of rotatable bonds is 5. The normalized spacial score (nSPS) is 21.2. The first-order valence-corrected chi connectivity index (χ1v) is 8.98. The van der Waals surface area contributed by atoms with Gasteiger partial charge in [0, 0.05) is 31.2 Å². The van der Waals surface area contributed by atoms with Crippen molar-refractivity contribution >= 4 is 35.8 Å². The van der Waals surface area contributed by atoms with Gasteiger partial charge in [-0.05, 0) is 43.4 Å². The standard InChI is InChI=1S/C18H24ClN3O2.ClH/c19-15-5-1-4-14(11-15)18(6-7-18)17(24)22-10-2-3-13(12-22)16(23)21-9-8-20;/h1,4-5,11,13H,2-3,6-10,12,20H2,(H,21,23);1H. The minimum atomic E-state index is -0.430. The predicted molar refractivity (Wildman–Crippen MR) is 101 cm³/mol. The van der Waals surface area contributed by atoms with Crippen molar-refractivity contribution < 1.29 is 9.59 Å². The molecule has 1 aromatic rings. The highest BCUT2D eigenvalue weighted by atomic mass is 35.5. The summed E-state index contributed by atoms with van der Waals surface area (Å²) in [5.41, 5.74) is 6.00. The SMILES string of the molecule is Cl.NCCNC(=O)C1CCCN(C(=O)C2(c3cccc(Cl)c3)CC2)C1. The van der Waals surface area contributed by atoms with Crippen molar-refractivity contribution in [3.05, 3.63) is 34.9 Å². The average molecular weight is 386 g/mol. The highest BCUT2D eigenvalue weighted by Crippen LogP contribution is 2.50. The van der Waals surface area contributed by atoms with E-state index < -0.39 is 5.41 Å². The van der Waals surface area contributed by atoms with Gasteiger partial charge in [-0.25, -0.2) is 0 Å². The van der Waals surface area contributed by atoms with Gasteiger partial charge in [-0.15, -0.1) is 12.4 Å². The zero-order valence-corrected chi connectivity index (χ0v) is 15.7. The van der Waals surface area contributed by atoms with Crippen molar-refractivity contribution in [2.45, 2.75) is 31.1 Å². The van der Waals surface area contributed by atoms with E-state index in [0.717, 1.165) is 37.8 Å². The van der Waals surface area contributed by atoms with Crippen LogP contribution in [-0.2, 0) is 15.0 Å². The Balaban J connectivity index is 0.00000225. The molecule has 138 valence electrons. The van der Waals surface area contributed by atoms with Crippen molar-refractivity contribution in [1.82, 2.24) is 10.2 Å². The van der Waals surface area contributed by atoms with E-state index >= 15 is 0 Å². The Bertz CT molecular complexity index is 635. The summed E-state index contributed by atoms with van der Waals surface area (Å²) in [7, 11) is 0. The van der Waals surface area contributed by atoms with Crippen molar-refractivity contribution in [2.75, 3.05) is 26.2 Å². The average Bonchev–Trinajstić information content (AvgIpc) is 3.41. The van der Waals surface area contributed by atoms with Crippen LogP contribution in [-0.4, -0.2) is 42.9 Å². The first-order chi connectivity index (χ1) is 11.6. The number of piperidine rings is 1. The van der Waals surface area contributed by atoms with E-state index in [2.05, 4.69) is 5.32 Å². The van der Waals surface area contributed by atoms with Crippen LogP contribution < -0.4 is 11.1 Å². The molecule has 0 aromatic heterocycles. The lowest BCUT2D eigenvalue weighted by Gasteiger charge is -2.34. The third kappa shape index (κ3) is 4.27.